The largest absolute Gasteiger partial charge is 0.495 e. The lowest BCUT2D eigenvalue weighted by Crippen LogP contribution is -2.55. The Balaban J connectivity index is 1.48. The maximum absolute atomic E-state index is 13.5. The van der Waals surface area contributed by atoms with E-state index in [9.17, 15) is 4.39 Å². The van der Waals surface area contributed by atoms with Gasteiger partial charge in [0.05, 0.1) is 43.1 Å². The van der Waals surface area contributed by atoms with E-state index in [1.165, 1.54) is 17.7 Å². The van der Waals surface area contributed by atoms with Crippen LogP contribution in [0.4, 0.5) is 10.1 Å². The molecule has 6 nitrogen and oxygen atoms in total. The van der Waals surface area contributed by atoms with Gasteiger partial charge in [0.1, 0.15) is 17.4 Å². The van der Waals surface area contributed by atoms with Gasteiger partial charge in [0.25, 0.3) is 0 Å². The van der Waals surface area contributed by atoms with Crippen LogP contribution >= 0.6 is 0 Å². The molecule has 2 aliphatic rings. The molecule has 0 radical (unpaired) electrons. The summed E-state index contributed by atoms with van der Waals surface area (Å²) in [5, 5.41) is 4.47. The SMILES string of the molecule is COc1cc(/C=C2\CCCN3C2=NC(C)CN3c2ccc(F)cc2)ccc1-n1cnc(C)c1. The van der Waals surface area contributed by atoms with Gasteiger partial charge >= 0.3 is 0 Å². The van der Waals surface area contributed by atoms with Gasteiger partial charge in [-0.1, -0.05) is 6.07 Å². The molecule has 2 aromatic carbocycles. The summed E-state index contributed by atoms with van der Waals surface area (Å²) < 4.78 is 21.2. The number of aryl methyl sites for hydroxylation is 1. The van der Waals surface area contributed by atoms with Crippen LogP contribution in [0.2, 0.25) is 0 Å². The Morgan fingerprint density at radius 2 is 1.94 bits per heavy atom. The standard InChI is InChI=1S/C26H28FN5O/c1-18-15-30(17-28-18)24-11-6-20(14-25(24)33-3)13-21-5-4-12-31-26(21)29-19(2)16-32(31)23-9-7-22(27)8-10-23/h6-11,13-15,17,19H,4-5,12,16H2,1-3H3/b21-13+. The van der Waals surface area contributed by atoms with E-state index in [0.717, 1.165) is 60.1 Å². The Kier molecular flexibility index (Phi) is 5.62. The van der Waals surface area contributed by atoms with Crippen molar-refractivity contribution in [2.45, 2.75) is 32.7 Å². The Bertz CT molecular complexity index is 1210. The monoisotopic (exact) mass is 445 g/mol. The molecule has 0 amide bonds. The average Bonchev–Trinajstić information content (AvgIpc) is 3.25. The highest BCUT2D eigenvalue weighted by Crippen LogP contribution is 2.31. The van der Waals surface area contributed by atoms with Crippen molar-refractivity contribution in [3.8, 4) is 11.4 Å². The molecular formula is C26H28FN5O. The zero-order valence-corrected chi connectivity index (χ0v) is 19.2. The molecular weight excluding hydrogens is 417 g/mol. The van der Waals surface area contributed by atoms with Crippen LogP contribution in [0.15, 0.2) is 65.6 Å². The van der Waals surface area contributed by atoms with Crippen molar-refractivity contribution >= 4 is 17.6 Å². The first-order valence-corrected chi connectivity index (χ1v) is 11.3. The van der Waals surface area contributed by atoms with Gasteiger partial charge in [-0.05, 0) is 80.3 Å². The van der Waals surface area contributed by atoms with E-state index in [2.05, 4.69) is 46.2 Å². The third kappa shape index (κ3) is 4.23. The molecule has 2 aliphatic heterocycles. The maximum Gasteiger partial charge on any atom is 0.146 e. The van der Waals surface area contributed by atoms with Gasteiger partial charge in [0, 0.05) is 12.7 Å². The van der Waals surface area contributed by atoms with E-state index >= 15 is 0 Å². The number of piperidine rings is 1. The molecule has 170 valence electrons. The summed E-state index contributed by atoms with van der Waals surface area (Å²) in [7, 11) is 1.69. The minimum atomic E-state index is -0.222. The number of aliphatic imine (C=N–C) groups is 1. The van der Waals surface area contributed by atoms with E-state index in [0.29, 0.717) is 0 Å². The van der Waals surface area contributed by atoms with Gasteiger partial charge in [-0.3, -0.25) is 15.0 Å². The molecule has 33 heavy (non-hydrogen) atoms. The van der Waals surface area contributed by atoms with Crippen LogP contribution in [0.5, 0.6) is 5.75 Å². The van der Waals surface area contributed by atoms with Crippen molar-refractivity contribution < 1.29 is 9.13 Å². The summed E-state index contributed by atoms with van der Waals surface area (Å²) in [5.74, 6) is 1.57. The Labute approximate surface area is 193 Å². The lowest BCUT2D eigenvalue weighted by molar-refractivity contribution is 0.331. The highest BCUT2D eigenvalue weighted by atomic mass is 19.1. The van der Waals surface area contributed by atoms with Crippen LogP contribution in [0.25, 0.3) is 11.8 Å². The molecule has 3 heterocycles. The number of hydrogen-bond acceptors (Lipinski definition) is 5. The predicted octanol–water partition coefficient (Wildman–Crippen LogP) is 5.03. The molecule has 0 N–H and O–H groups in total. The van der Waals surface area contributed by atoms with Gasteiger partial charge in [-0.15, -0.1) is 0 Å². The predicted molar refractivity (Wildman–Crippen MR) is 129 cm³/mol. The molecule has 7 heteroatoms. The minimum Gasteiger partial charge on any atom is -0.495 e. The zero-order chi connectivity index (χ0) is 22.9. The molecule has 1 saturated heterocycles. The van der Waals surface area contributed by atoms with Crippen LogP contribution in [0.1, 0.15) is 31.0 Å². The van der Waals surface area contributed by atoms with Crippen molar-refractivity contribution in [2.24, 2.45) is 4.99 Å². The first-order chi connectivity index (χ1) is 16.0. The number of ether oxygens (including phenoxy) is 1. The summed E-state index contributed by atoms with van der Waals surface area (Å²) in [4.78, 5) is 9.32. The molecule has 5 rings (SSSR count). The number of imidazole rings is 1. The van der Waals surface area contributed by atoms with E-state index < -0.39 is 0 Å². The number of anilines is 1. The van der Waals surface area contributed by atoms with Gasteiger partial charge < -0.3 is 9.30 Å². The number of halogens is 1. The van der Waals surface area contributed by atoms with E-state index in [-0.39, 0.29) is 11.9 Å². The smallest absolute Gasteiger partial charge is 0.146 e. The van der Waals surface area contributed by atoms with Crippen LogP contribution in [0, 0.1) is 12.7 Å². The van der Waals surface area contributed by atoms with E-state index in [1.54, 1.807) is 13.4 Å². The number of aromatic nitrogens is 2. The van der Waals surface area contributed by atoms with E-state index in [4.69, 9.17) is 9.73 Å². The molecule has 3 aromatic rings. The Morgan fingerprint density at radius 3 is 2.67 bits per heavy atom. The number of hydrazine groups is 1. The molecule has 1 aromatic heterocycles. The fourth-order valence-corrected chi connectivity index (χ4v) is 4.53. The lowest BCUT2D eigenvalue weighted by atomic mass is 9.99. The third-order valence-corrected chi connectivity index (χ3v) is 6.08. The van der Waals surface area contributed by atoms with Gasteiger partial charge in [-0.2, -0.15) is 0 Å². The van der Waals surface area contributed by atoms with Crippen molar-refractivity contribution in [3.63, 3.8) is 0 Å². The van der Waals surface area contributed by atoms with Crippen LogP contribution in [-0.2, 0) is 0 Å². The van der Waals surface area contributed by atoms with Crippen molar-refractivity contribution in [1.29, 1.82) is 0 Å². The maximum atomic E-state index is 13.5. The Hall–Kier alpha value is -3.61. The number of rotatable bonds is 4. The summed E-state index contributed by atoms with van der Waals surface area (Å²) >= 11 is 0. The molecule has 0 saturated carbocycles. The quantitative estimate of drug-likeness (QED) is 0.565. The topological polar surface area (TPSA) is 45.9 Å². The van der Waals surface area contributed by atoms with Crippen LogP contribution in [0.3, 0.4) is 0 Å². The molecule has 0 bridgehead atoms. The second kappa shape index (κ2) is 8.73. The molecule has 1 unspecified atom stereocenters. The summed E-state index contributed by atoms with van der Waals surface area (Å²) in [6.45, 7) is 5.76. The number of methoxy groups -OCH3 is 1. The molecule has 1 fully saturated rings. The highest BCUT2D eigenvalue weighted by molar-refractivity contribution is 6.04. The number of amidine groups is 1. The van der Waals surface area contributed by atoms with Gasteiger partial charge in [0.2, 0.25) is 0 Å². The first-order valence-electron chi connectivity index (χ1n) is 11.3. The van der Waals surface area contributed by atoms with Gasteiger partial charge in [0.15, 0.2) is 0 Å². The zero-order valence-electron chi connectivity index (χ0n) is 19.2. The highest BCUT2D eigenvalue weighted by Gasteiger charge is 2.31. The van der Waals surface area contributed by atoms with Crippen molar-refractivity contribution in [3.05, 3.63) is 77.6 Å². The van der Waals surface area contributed by atoms with Gasteiger partial charge in [-0.25, -0.2) is 9.37 Å². The normalized spacial score (nSPS) is 19.5. The number of nitrogens with zero attached hydrogens (tertiary/aromatic N) is 5. The fraction of sp³-hybridized carbons (Fsp3) is 0.308. The van der Waals surface area contributed by atoms with Crippen LogP contribution < -0.4 is 9.75 Å². The first kappa shape index (κ1) is 21.2. The van der Waals surface area contributed by atoms with Crippen LogP contribution in [-0.4, -0.2) is 46.6 Å². The molecule has 0 spiro atoms. The summed E-state index contributed by atoms with van der Waals surface area (Å²) in [5.41, 5.74) is 5.17. The van der Waals surface area contributed by atoms with Crippen molar-refractivity contribution in [1.82, 2.24) is 14.6 Å². The second-order valence-corrected chi connectivity index (χ2v) is 8.61. The lowest BCUT2D eigenvalue weighted by Gasteiger charge is -2.46. The fourth-order valence-electron chi connectivity index (χ4n) is 4.53. The second-order valence-electron chi connectivity index (χ2n) is 8.61. The molecule has 1 atom stereocenters. The summed E-state index contributed by atoms with van der Waals surface area (Å²) in [6.07, 6.45) is 7.98. The van der Waals surface area contributed by atoms with E-state index in [1.807, 2.05) is 29.8 Å². The van der Waals surface area contributed by atoms with Crippen molar-refractivity contribution in [2.75, 3.05) is 25.2 Å². The average molecular weight is 446 g/mol. The Morgan fingerprint density at radius 1 is 1.12 bits per heavy atom. The third-order valence-electron chi connectivity index (χ3n) is 6.08. The molecule has 0 aliphatic carbocycles. The summed E-state index contributed by atoms with van der Waals surface area (Å²) in [6, 6.07) is 13.1. The number of hydrogen-bond donors (Lipinski definition) is 0. The number of fused-ring (bicyclic) bond motifs is 1. The minimum absolute atomic E-state index is 0.143. The number of benzene rings is 2.